The van der Waals surface area contributed by atoms with E-state index in [1.807, 2.05) is 0 Å². The van der Waals surface area contributed by atoms with Gasteiger partial charge in [0.05, 0.1) is 6.42 Å². The molecule has 0 fully saturated rings. The Hall–Kier alpha value is 1.03. The van der Waals surface area contributed by atoms with Crippen molar-refractivity contribution >= 4 is 24.6 Å². The number of carboxylic acids is 2. The molecule has 0 aliphatic heterocycles. The quantitative estimate of drug-likeness (QED) is 0.363. The Balaban J connectivity index is -0.000000320. The number of rotatable bonds is 3. The van der Waals surface area contributed by atoms with Crippen LogP contribution in [0.3, 0.4) is 0 Å². The molecule has 7 heteroatoms. The molecule has 0 aliphatic carbocycles. The molecule has 1 atom stereocenters. The van der Waals surface area contributed by atoms with Gasteiger partial charge in [0.25, 0.3) is 0 Å². The van der Waals surface area contributed by atoms with Gasteiger partial charge in [-0.3, -0.25) is 9.59 Å². The van der Waals surface area contributed by atoms with Crippen LogP contribution in [0, 0.1) is 0 Å². The molecule has 0 aromatic carbocycles. The van der Waals surface area contributed by atoms with E-state index in [4.69, 9.17) is 10.2 Å². The molecule has 0 rings (SSSR count). The van der Waals surface area contributed by atoms with Crippen LogP contribution >= 0.6 is 12.6 Å². The van der Waals surface area contributed by atoms with Crippen LogP contribution in [0.4, 0.5) is 0 Å². The van der Waals surface area contributed by atoms with Gasteiger partial charge in [-0.2, -0.15) is 12.6 Å². The minimum Gasteiger partial charge on any atom is -0.481 e. The molecule has 63 valence electrons. The molecular formula is C4H6AuNaO4S+. The third-order valence-electron chi connectivity index (χ3n) is 0.653. The van der Waals surface area contributed by atoms with Gasteiger partial charge in [-0.1, -0.05) is 0 Å². The summed E-state index contributed by atoms with van der Waals surface area (Å²) in [5, 5.41) is 15.0. The fourth-order valence-electron chi connectivity index (χ4n) is 0.253. The standard InChI is InChI=1S/C4H6O4S.Au.Na/c5-3(6)1-2(9)4(7)8;;/h2,9H,1H2,(H,5,6)(H,7,8);;/q;;+1. The summed E-state index contributed by atoms with van der Waals surface area (Å²) in [6.45, 7) is 0. The summed E-state index contributed by atoms with van der Waals surface area (Å²) >= 11 is 3.48. The molecule has 11 heavy (non-hydrogen) atoms. The summed E-state index contributed by atoms with van der Waals surface area (Å²) in [7, 11) is 0. The number of carboxylic acid groups (broad SMARTS) is 2. The van der Waals surface area contributed by atoms with Gasteiger partial charge in [0, 0.05) is 22.4 Å². The van der Waals surface area contributed by atoms with E-state index in [0.29, 0.717) is 0 Å². The van der Waals surface area contributed by atoms with E-state index in [0.717, 1.165) is 0 Å². The smallest absolute Gasteiger partial charge is 0.481 e. The molecule has 0 amide bonds. The average Bonchev–Trinajstić information content (AvgIpc) is 1.63. The van der Waals surface area contributed by atoms with Crippen LogP contribution < -0.4 is 29.6 Å². The van der Waals surface area contributed by atoms with E-state index >= 15 is 0 Å². The minimum absolute atomic E-state index is 0. The van der Waals surface area contributed by atoms with Crippen molar-refractivity contribution in [1.82, 2.24) is 0 Å². The van der Waals surface area contributed by atoms with Crippen LogP contribution in [-0.4, -0.2) is 27.4 Å². The maximum atomic E-state index is 9.90. The predicted octanol–water partition coefficient (Wildman–Crippen LogP) is -3.15. The first kappa shape index (κ1) is 17.9. The minimum atomic E-state index is -1.21. The molecule has 2 N–H and O–H groups in total. The van der Waals surface area contributed by atoms with Gasteiger partial charge in [-0.15, -0.1) is 0 Å². The zero-order chi connectivity index (χ0) is 7.44. The number of thiol groups is 1. The van der Waals surface area contributed by atoms with E-state index in [1.165, 1.54) is 0 Å². The van der Waals surface area contributed by atoms with Crippen LogP contribution in [0.1, 0.15) is 6.42 Å². The molecule has 0 aromatic heterocycles. The van der Waals surface area contributed by atoms with Gasteiger partial charge >= 0.3 is 41.5 Å². The zero-order valence-corrected chi connectivity index (χ0v) is 10.8. The van der Waals surface area contributed by atoms with E-state index in [9.17, 15) is 9.59 Å². The number of hydrogen-bond donors (Lipinski definition) is 3. The zero-order valence-electron chi connectivity index (χ0n) is 5.74. The molecule has 0 bridgehead atoms. The molecular weight excluding hydrogens is 364 g/mol. The van der Waals surface area contributed by atoms with Crippen molar-refractivity contribution in [1.29, 1.82) is 0 Å². The number of hydrogen-bond acceptors (Lipinski definition) is 3. The van der Waals surface area contributed by atoms with Gasteiger partial charge in [-0.05, 0) is 0 Å². The van der Waals surface area contributed by atoms with Gasteiger partial charge in [0.15, 0.2) is 0 Å². The second-order valence-electron chi connectivity index (χ2n) is 1.45. The normalized spacial score (nSPS) is 10.3. The maximum absolute atomic E-state index is 9.90. The third kappa shape index (κ3) is 11.0. The van der Waals surface area contributed by atoms with Crippen molar-refractivity contribution in [3.8, 4) is 0 Å². The largest absolute Gasteiger partial charge is 1.00 e. The third-order valence-corrected chi connectivity index (χ3v) is 1.06. The molecule has 0 spiro atoms. The Morgan fingerprint density at radius 2 is 1.73 bits per heavy atom. The SMILES string of the molecule is O=C(O)CC(S)C(=O)O.[Au].[Na+]. The Morgan fingerprint density at radius 3 is 1.82 bits per heavy atom. The first-order valence-corrected chi connectivity index (χ1v) is 2.68. The Bertz CT molecular complexity index is 142. The summed E-state index contributed by atoms with van der Waals surface area (Å²) in [5.74, 6) is -2.36. The van der Waals surface area contributed by atoms with E-state index in [-0.39, 0.29) is 51.9 Å². The number of aliphatic carboxylic acids is 2. The van der Waals surface area contributed by atoms with Crippen LogP contribution in [-0.2, 0) is 32.0 Å². The van der Waals surface area contributed by atoms with Crippen molar-refractivity contribution in [3.05, 3.63) is 0 Å². The summed E-state index contributed by atoms with van der Waals surface area (Å²) in [6, 6.07) is 0. The average molecular weight is 370 g/mol. The van der Waals surface area contributed by atoms with Crippen LogP contribution in [0.5, 0.6) is 0 Å². The van der Waals surface area contributed by atoms with Crippen LogP contribution in [0.15, 0.2) is 0 Å². The predicted molar refractivity (Wildman–Crippen MR) is 32.7 cm³/mol. The molecule has 1 radical (unpaired) electrons. The molecule has 0 aromatic rings. The second kappa shape index (κ2) is 9.12. The van der Waals surface area contributed by atoms with E-state index in [2.05, 4.69) is 12.6 Å². The first-order chi connectivity index (χ1) is 4.04. The van der Waals surface area contributed by atoms with Gasteiger partial charge < -0.3 is 10.2 Å². The molecule has 0 aliphatic rings. The topological polar surface area (TPSA) is 74.6 Å². The van der Waals surface area contributed by atoms with E-state index < -0.39 is 23.6 Å². The summed E-state index contributed by atoms with van der Waals surface area (Å²) < 4.78 is 0. The molecule has 0 saturated carbocycles. The number of carbonyl (C=O) groups is 2. The first-order valence-electron chi connectivity index (χ1n) is 2.16. The fourth-order valence-corrected chi connectivity index (χ4v) is 0.409. The van der Waals surface area contributed by atoms with Crippen LogP contribution in [0.2, 0.25) is 0 Å². The van der Waals surface area contributed by atoms with Crippen molar-refractivity contribution in [2.24, 2.45) is 0 Å². The Kier molecular flexibility index (Phi) is 14.9. The van der Waals surface area contributed by atoms with Gasteiger partial charge in [0.2, 0.25) is 0 Å². The van der Waals surface area contributed by atoms with Crippen molar-refractivity contribution in [2.45, 2.75) is 11.7 Å². The van der Waals surface area contributed by atoms with Crippen molar-refractivity contribution < 1.29 is 71.7 Å². The van der Waals surface area contributed by atoms with Crippen molar-refractivity contribution in [3.63, 3.8) is 0 Å². The van der Waals surface area contributed by atoms with Crippen LogP contribution in [0.25, 0.3) is 0 Å². The Morgan fingerprint density at radius 1 is 1.36 bits per heavy atom. The van der Waals surface area contributed by atoms with Gasteiger partial charge in [0.1, 0.15) is 5.25 Å². The molecule has 0 heterocycles. The van der Waals surface area contributed by atoms with Crippen molar-refractivity contribution in [2.75, 3.05) is 0 Å². The monoisotopic (exact) mass is 370 g/mol. The molecule has 4 nitrogen and oxygen atoms in total. The fraction of sp³-hybridized carbons (Fsp3) is 0.500. The second-order valence-corrected chi connectivity index (χ2v) is 2.08. The summed E-state index contributed by atoms with van der Waals surface area (Å²) in [6.07, 6.45) is -0.446. The van der Waals surface area contributed by atoms with E-state index in [1.54, 1.807) is 0 Å². The Labute approximate surface area is 107 Å². The summed E-state index contributed by atoms with van der Waals surface area (Å²) in [4.78, 5) is 19.7. The maximum Gasteiger partial charge on any atom is 1.00 e. The summed E-state index contributed by atoms with van der Waals surface area (Å²) in [5.41, 5.74) is 0. The molecule has 0 saturated heterocycles. The van der Waals surface area contributed by atoms with Gasteiger partial charge in [-0.25, -0.2) is 0 Å². The molecule has 1 unspecified atom stereocenters.